The summed E-state index contributed by atoms with van der Waals surface area (Å²) in [5, 5.41) is 2.70. The van der Waals surface area contributed by atoms with E-state index in [2.05, 4.69) is 44.1 Å². The minimum atomic E-state index is -3.75. The Morgan fingerprint density at radius 3 is 2.41 bits per heavy atom. The molecule has 0 radical (unpaired) electrons. The lowest BCUT2D eigenvalue weighted by atomic mass is 10.2. The van der Waals surface area contributed by atoms with Gasteiger partial charge >= 0.3 is 0 Å². The van der Waals surface area contributed by atoms with Crippen molar-refractivity contribution in [2.45, 2.75) is 24.8 Å². The van der Waals surface area contributed by atoms with Crippen LogP contribution in [-0.2, 0) is 16.6 Å². The number of nitrogens with zero attached hydrogens (tertiary/aromatic N) is 2. The number of rotatable bonds is 10. The van der Waals surface area contributed by atoms with Crippen molar-refractivity contribution < 1.29 is 17.6 Å². The molecule has 9 heteroatoms. The van der Waals surface area contributed by atoms with Crippen LogP contribution in [0, 0.1) is 5.82 Å². The Morgan fingerprint density at radius 1 is 1.03 bits per heavy atom. The Kier molecular flexibility index (Phi) is 8.75. The normalized spacial score (nSPS) is 15.6. The molecule has 0 atom stereocenters. The quantitative estimate of drug-likeness (QED) is 0.529. The Morgan fingerprint density at radius 2 is 1.72 bits per heavy atom. The first-order chi connectivity index (χ1) is 15.4. The van der Waals surface area contributed by atoms with Crippen molar-refractivity contribution in [1.82, 2.24) is 19.8 Å². The summed E-state index contributed by atoms with van der Waals surface area (Å²) in [7, 11) is -3.75. The number of halogens is 1. The molecule has 1 fully saturated rings. The summed E-state index contributed by atoms with van der Waals surface area (Å²) >= 11 is 0. The van der Waals surface area contributed by atoms with Crippen molar-refractivity contribution in [2.24, 2.45) is 0 Å². The average Bonchev–Trinajstić information content (AvgIpc) is 2.78. The molecule has 1 aliphatic rings. The predicted octanol–water partition coefficient (Wildman–Crippen LogP) is 2.06. The van der Waals surface area contributed by atoms with Gasteiger partial charge in [0.15, 0.2) is 0 Å². The van der Waals surface area contributed by atoms with E-state index in [0.29, 0.717) is 6.54 Å². The fraction of sp³-hybridized carbons (Fsp3) is 0.435. The number of piperazine rings is 1. The van der Waals surface area contributed by atoms with Crippen LogP contribution in [0.25, 0.3) is 0 Å². The third-order valence-corrected chi connectivity index (χ3v) is 7.02. The molecule has 0 unspecified atom stereocenters. The van der Waals surface area contributed by atoms with Crippen LogP contribution in [0.3, 0.4) is 0 Å². The molecule has 1 aliphatic heterocycles. The lowest BCUT2D eigenvalue weighted by Gasteiger charge is -2.34. The van der Waals surface area contributed by atoms with Gasteiger partial charge in [0.2, 0.25) is 10.0 Å². The fourth-order valence-electron chi connectivity index (χ4n) is 3.73. The van der Waals surface area contributed by atoms with Gasteiger partial charge in [0.05, 0.1) is 10.5 Å². The van der Waals surface area contributed by atoms with Gasteiger partial charge in [-0.15, -0.1) is 0 Å². The van der Waals surface area contributed by atoms with Crippen LogP contribution in [0.1, 0.15) is 29.3 Å². The first-order valence-electron chi connectivity index (χ1n) is 10.9. The van der Waals surface area contributed by atoms with Crippen molar-refractivity contribution in [2.75, 3.05) is 45.8 Å². The van der Waals surface area contributed by atoms with Crippen molar-refractivity contribution in [1.29, 1.82) is 0 Å². The molecule has 0 aliphatic carbocycles. The van der Waals surface area contributed by atoms with Crippen molar-refractivity contribution in [3.05, 3.63) is 65.5 Å². The summed E-state index contributed by atoms with van der Waals surface area (Å²) in [6, 6.07) is 13.7. The maximum Gasteiger partial charge on any atom is 0.254 e. The van der Waals surface area contributed by atoms with Crippen LogP contribution in [0.4, 0.5) is 4.39 Å². The summed E-state index contributed by atoms with van der Waals surface area (Å²) in [4.78, 5) is 17.1. The highest BCUT2D eigenvalue weighted by molar-refractivity contribution is 7.89. The third kappa shape index (κ3) is 6.83. The van der Waals surface area contributed by atoms with E-state index in [1.54, 1.807) is 6.92 Å². The summed E-state index contributed by atoms with van der Waals surface area (Å²) in [5.74, 6) is -1.35. The lowest BCUT2D eigenvalue weighted by Crippen LogP contribution is -2.46. The van der Waals surface area contributed by atoms with Crippen LogP contribution < -0.4 is 10.0 Å². The standard InChI is InChI=1S/C23H31FN4O3S/c1-2-26-32(30,31)20-9-10-22(24)21(17-20)23(29)25-11-6-12-27-13-15-28(16-14-27)18-19-7-4-3-5-8-19/h3-5,7-10,17,26H,2,6,11-16,18H2,1H3,(H,25,29). The Balaban J connectivity index is 1.41. The zero-order chi connectivity index (χ0) is 23.0. The highest BCUT2D eigenvalue weighted by atomic mass is 32.2. The van der Waals surface area contributed by atoms with E-state index in [4.69, 9.17) is 0 Å². The molecule has 2 aromatic carbocycles. The molecule has 32 heavy (non-hydrogen) atoms. The summed E-state index contributed by atoms with van der Waals surface area (Å²) in [6.45, 7) is 8.00. The van der Waals surface area contributed by atoms with Crippen molar-refractivity contribution in [3.63, 3.8) is 0 Å². The van der Waals surface area contributed by atoms with E-state index in [1.165, 1.54) is 5.56 Å². The van der Waals surface area contributed by atoms with E-state index in [1.807, 2.05) is 6.07 Å². The average molecular weight is 463 g/mol. The summed E-state index contributed by atoms with van der Waals surface area (Å²) in [6.07, 6.45) is 0.738. The number of hydrogen-bond acceptors (Lipinski definition) is 5. The second-order valence-electron chi connectivity index (χ2n) is 7.86. The van der Waals surface area contributed by atoms with Gasteiger partial charge in [-0.05, 0) is 36.7 Å². The van der Waals surface area contributed by atoms with Crippen LogP contribution >= 0.6 is 0 Å². The number of sulfonamides is 1. The van der Waals surface area contributed by atoms with Crippen molar-refractivity contribution in [3.8, 4) is 0 Å². The molecule has 3 rings (SSSR count). The molecule has 1 amide bonds. The molecule has 2 N–H and O–H groups in total. The second-order valence-corrected chi connectivity index (χ2v) is 9.62. The minimum Gasteiger partial charge on any atom is -0.352 e. The third-order valence-electron chi connectivity index (χ3n) is 5.48. The first-order valence-corrected chi connectivity index (χ1v) is 12.4. The van der Waals surface area contributed by atoms with Crippen LogP contribution in [0.2, 0.25) is 0 Å². The molecule has 0 spiro atoms. The van der Waals surface area contributed by atoms with Crippen LogP contribution in [0.15, 0.2) is 53.4 Å². The minimum absolute atomic E-state index is 0.126. The van der Waals surface area contributed by atoms with Gasteiger partial charge in [-0.3, -0.25) is 9.69 Å². The Bertz CT molecular complexity index is 994. The van der Waals surface area contributed by atoms with Crippen LogP contribution in [0.5, 0.6) is 0 Å². The summed E-state index contributed by atoms with van der Waals surface area (Å²) < 4.78 is 40.6. The van der Waals surface area contributed by atoms with Gasteiger partial charge < -0.3 is 10.2 Å². The maximum absolute atomic E-state index is 14.1. The second kappa shape index (κ2) is 11.5. The molecule has 2 aromatic rings. The van der Waals surface area contributed by atoms with Crippen LogP contribution in [-0.4, -0.2) is 69.9 Å². The van der Waals surface area contributed by atoms with E-state index in [0.717, 1.165) is 63.9 Å². The van der Waals surface area contributed by atoms with Gasteiger partial charge in [-0.2, -0.15) is 0 Å². The van der Waals surface area contributed by atoms with Gasteiger partial charge in [0.1, 0.15) is 5.82 Å². The number of hydrogen-bond donors (Lipinski definition) is 2. The SMILES string of the molecule is CCNS(=O)(=O)c1ccc(F)c(C(=O)NCCCN2CCN(Cc3ccccc3)CC2)c1. The Labute approximate surface area is 189 Å². The van der Waals surface area contributed by atoms with E-state index in [-0.39, 0.29) is 17.0 Å². The molecule has 7 nitrogen and oxygen atoms in total. The number of carbonyl (C=O) groups is 1. The number of carbonyl (C=O) groups excluding carboxylic acids is 1. The maximum atomic E-state index is 14.1. The highest BCUT2D eigenvalue weighted by Crippen LogP contribution is 2.15. The molecular formula is C23H31FN4O3S. The van der Waals surface area contributed by atoms with Gasteiger partial charge in [0, 0.05) is 45.8 Å². The van der Waals surface area contributed by atoms with Gasteiger partial charge in [-0.1, -0.05) is 37.3 Å². The highest BCUT2D eigenvalue weighted by Gasteiger charge is 2.19. The smallest absolute Gasteiger partial charge is 0.254 e. The molecule has 0 bridgehead atoms. The lowest BCUT2D eigenvalue weighted by molar-refractivity contribution is 0.0943. The Hall–Kier alpha value is -2.33. The number of nitrogens with one attached hydrogen (secondary N) is 2. The molecule has 0 aromatic heterocycles. The number of amides is 1. The zero-order valence-corrected chi connectivity index (χ0v) is 19.2. The summed E-state index contributed by atoms with van der Waals surface area (Å²) in [5.41, 5.74) is 1.05. The van der Waals surface area contributed by atoms with Gasteiger partial charge in [-0.25, -0.2) is 17.5 Å². The molecule has 174 valence electrons. The number of benzene rings is 2. The zero-order valence-electron chi connectivity index (χ0n) is 18.4. The predicted molar refractivity (Wildman–Crippen MR) is 122 cm³/mol. The largest absolute Gasteiger partial charge is 0.352 e. The fourth-order valence-corrected chi connectivity index (χ4v) is 4.80. The van der Waals surface area contributed by atoms with Gasteiger partial charge in [0.25, 0.3) is 5.91 Å². The van der Waals surface area contributed by atoms with Crippen molar-refractivity contribution >= 4 is 15.9 Å². The molecule has 0 saturated carbocycles. The first kappa shape index (κ1) is 24.3. The van der Waals surface area contributed by atoms with E-state index < -0.39 is 21.7 Å². The molecular weight excluding hydrogens is 431 g/mol. The molecule has 1 heterocycles. The monoisotopic (exact) mass is 462 g/mol. The van der Waals surface area contributed by atoms with E-state index >= 15 is 0 Å². The molecule has 1 saturated heterocycles. The topological polar surface area (TPSA) is 81.7 Å². The van der Waals surface area contributed by atoms with E-state index in [9.17, 15) is 17.6 Å².